The lowest BCUT2D eigenvalue weighted by Crippen LogP contribution is -2.07. The van der Waals surface area contributed by atoms with Gasteiger partial charge < -0.3 is 0 Å². The monoisotopic (exact) mass is 356 g/mol. The van der Waals surface area contributed by atoms with Crippen LogP contribution in [0.4, 0.5) is 0 Å². The van der Waals surface area contributed by atoms with Gasteiger partial charge >= 0.3 is 0 Å². The molecular weight excluding hydrogens is 324 g/mol. The predicted octanol–water partition coefficient (Wildman–Crippen LogP) is 8.22. The Morgan fingerprint density at radius 1 is 0.667 bits per heavy atom. The first-order valence-electron chi connectivity index (χ1n) is 10.3. The lowest BCUT2D eigenvalue weighted by atomic mass is 9.77. The maximum atomic E-state index is 2.50. The summed E-state index contributed by atoms with van der Waals surface area (Å²) in [6, 6.07) is 24.4. The topological polar surface area (TPSA) is 0 Å². The van der Waals surface area contributed by atoms with E-state index in [1.807, 2.05) is 0 Å². The highest BCUT2D eigenvalue weighted by molar-refractivity contribution is 5.89. The molecule has 140 valence electrons. The summed E-state index contributed by atoms with van der Waals surface area (Å²) in [4.78, 5) is 0. The van der Waals surface area contributed by atoms with Gasteiger partial charge in [-0.05, 0) is 57.2 Å². The summed E-state index contributed by atoms with van der Waals surface area (Å²) in [7, 11) is 0. The van der Waals surface area contributed by atoms with Crippen molar-refractivity contribution in [1.82, 2.24) is 0 Å². The van der Waals surface area contributed by atoms with Crippen molar-refractivity contribution in [3.63, 3.8) is 0 Å². The van der Waals surface area contributed by atoms with E-state index in [2.05, 4.69) is 101 Å². The molecule has 0 aliphatic carbocycles. The first-order valence-corrected chi connectivity index (χ1v) is 10.3. The van der Waals surface area contributed by atoms with Crippen molar-refractivity contribution in [3.8, 4) is 22.3 Å². The van der Waals surface area contributed by atoms with Crippen LogP contribution in [-0.4, -0.2) is 0 Å². The van der Waals surface area contributed by atoms with Crippen molar-refractivity contribution in [3.05, 3.63) is 83.4 Å². The van der Waals surface area contributed by atoms with E-state index < -0.39 is 0 Å². The largest absolute Gasteiger partial charge is 0.0651 e. The van der Waals surface area contributed by atoms with Crippen molar-refractivity contribution < 1.29 is 0 Å². The van der Waals surface area contributed by atoms with Crippen LogP contribution >= 0.6 is 0 Å². The number of benzene rings is 3. The second kappa shape index (κ2) is 8.57. The molecule has 0 fully saturated rings. The van der Waals surface area contributed by atoms with Gasteiger partial charge in [0.25, 0.3) is 0 Å². The third-order valence-electron chi connectivity index (χ3n) is 5.32. The van der Waals surface area contributed by atoms with Crippen molar-refractivity contribution >= 4 is 0 Å². The summed E-state index contributed by atoms with van der Waals surface area (Å²) in [5.74, 6) is 1.00. The molecule has 0 radical (unpaired) electrons. The Hall–Kier alpha value is -2.34. The number of aryl methyl sites for hydroxylation is 1. The molecular formula is C27H32. The SMILES string of the molecule is CCCc1cc(C(C)C)c(C(C)C)c(-c2ccccc2)c1-c1ccccc1. The lowest BCUT2D eigenvalue weighted by molar-refractivity contribution is 0.787. The van der Waals surface area contributed by atoms with Crippen LogP contribution in [0.15, 0.2) is 66.7 Å². The molecule has 3 aromatic rings. The van der Waals surface area contributed by atoms with Crippen LogP contribution < -0.4 is 0 Å². The van der Waals surface area contributed by atoms with Crippen LogP contribution in [0.1, 0.15) is 69.6 Å². The van der Waals surface area contributed by atoms with Crippen LogP contribution in [0.2, 0.25) is 0 Å². The van der Waals surface area contributed by atoms with Gasteiger partial charge in [-0.25, -0.2) is 0 Å². The maximum Gasteiger partial charge on any atom is -0.00651 e. The summed E-state index contributed by atoms with van der Waals surface area (Å²) in [6.45, 7) is 11.6. The molecule has 0 aromatic heterocycles. The minimum atomic E-state index is 0.482. The standard InChI is InChI=1S/C27H32/c1-6-13-23-18-24(19(2)3)25(20(4)5)27(22-16-11-8-12-17-22)26(23)21-14-9-7-10-15-21/h7-12,14-20H,6,13H2,1-5H3. The summed E-state index contributed by atoms with van der Waals surface area (Å²) in [6.07, 6.45) is 2.27. The molecule has 0 spiro atoms. The van der Waals surface area contributed by atoms with Crippen LogP contribution in [-0.2, 0) is 6.42 Å². The number of hydrogen-bond acceptors (Lipinski definition) is 0. The fraction of sp³-hybridized carbons (Fsp3) is 0.333. The van der Waals surface area contributed by atoms with E-state index in [-0.39, 0.29) is 0 Å². The Kier molecular flexibility index (Phi) is 6.16. The zero-order valence-corrected chi connectivity index (χ0v) is 17.4. The van der Waals surface area contributed by atoms with Gasteiger partial charge in [0.2, 0.25) is 0 Å². The number of rotatable bonds is 6. The van der Waals surface area contributed by atoms with Crippen molar-refractivity contribution in [2.24, 2.45) is 0 Å². The van der Waals surface area contributed by atoms with E-state index in [1.165, 1.54) is 38.9 Å². The molecule has 0 aliphatic heterocycles. The number of hydrogen-bond donors (Lipinski definition) is 0. The first-order chi connectivity index (χ1) is 13.0. The van der Waals surface area contributed by atoms with E-state index in [1.54, 1.807) is 0 Å². The van der Waals surface area contributed by atoms with Gasteiger partial charge in [0, 0.05) is 0 Å². The van der Waals surface area contributed by atoms with E-state index >= 15 is 0 Å². The second-order valence-electron chi connectivity index (χ2n) is 8.08. The molecule has 0 bridgehead atoms. The zero-order chi connectivity index (χ0) is 19.4. The van der Waals surface area contributed by atoms with Gasteiger partial charge in [0.15, 0.2) is 0 Å². The van der Waals surface area contributed by atoms with Gasteiger partial charge in [-0.1, -0.05) is 108 Å². The molecule has 0 saturated carbocycles. The van der Waals surface area contributed by atoms with Crippen molar-refractivity contribution in [2.75, 3.05) is 0 Å². The van der Waals surface area contributed by atoms with Crippen LogP contribution in [0.3, 0.4) is 0 Å². The first kappa shape index (κ1) is 19.4. The Morgan fingerprint density at radius 3 is 1.63 bits per heavy atom. The summed E-state index contributed by atoms with van der Waals surface area (Å²) in [5.41, 5.74) is 10.0. The third-order valence-corrected chi connectivity index (χ3v) is 5.32. The van der Waals surface area contributed by atoms with Gasteiger partial charge in [0.05, 0.1) is 0 Å². The second-order valence-corrected chi connectivity index (χ2v) is 8.08. The summed E-state index contributed by atoms with van der Waals surface area (Å²) >= 11 is 0. The Morgan fingerprint density at radius 2 is 1.19 bits per heavy atom. The molecule has 27 heavy (non-hydrogen) atoms. The average molecular weight is 357 g/mol. The molecule has 3 rings (SSSR count). The highest BCUT2D eigenvalue weighted by Gasteiger charge is 2.23. The fourth-order valence-corrected chi connectivity index (χ4v) is 4.18. The summed E-state index contributed by atoms with van der Waals surface area (Å²) in [5, 5.41) is 0. The molecule has 0 amide bonds. The Labute approximate surface area is 165 Å². The molecule has 0 nitrogen and oxygen atoms in total. The van der Waals surface area contributed by atoms with Crippen molar-refractivity contribution in [1.29, 1.82) is 0 Å². The van der Waals surface area contributed by atoms with Crippen LogP contribution in [0, 0.1) is 0 Å². The molecule has 0 unspecified atom stereocenters. The van der Waals surface area contributed by atoms with E-state index in [4.69, 9.17) is 0 Å². The summed E-state index contributed by atoms with van der Waals surface area (Å²) < 4.78 is 0. The average Bonchev–Trinajstić information content (AvgIpc) is 2.68. The lowest BCUT2D eigenvalue weighted by Gasteiger charge is -2.27. The molecule has 0 saturated heterocycles. The van der Waals surface area contributed by atoms with Gasteiger partial charge in [-0.3, -0.25) is 0 Å². The Bertz CT molecular complexity index is 871. The minimum Gasteiger partial charge on any atom is -0.0651 e. The van der Waals surface area contributed by atoms with Crippen LogP contribution in [0.5, 0.6) is 0 Å². The van der Waals surface area contributed by atoms with E-state index in [0.29, 0.717) is 11.8 Å². The maximum absolute atomic E-state index is 2.50. The smallest absolute Gasteiger partial charge is 0.00651 e. The third kappa shape index (κ3) is 4.00. The molecule has 0 N–H and O–H groups in total. The van der Waals surface area contributed by atoms with Crippen LogP contribution in [0.25, 0.3) is 22.3 Å². The molecule has 3 aromatic carbocycles. The molecule has 0 heterocycles. The normalized spacial score (nSPS) is 11.4. The van der Waals surface area contributed by atoms with E-state index in [0.717, 1.165) is 12.8 Å². The minimum absolute atomic E-state index is 0.482. The van der Waals surface area contributed by atoms with Crippen molar-refractivity contribution in [2.45, 2.75) is 59.3 Å². The molecule has 0 aliphatic rings. The van der Waals surface area contributed by atoms with Gasteiger partial charge in [0.1, 0.15) is 0 Å². The quantitative estimate of drug-likeness (QED) is 0.417. The highest BCUT2D eigenvalue weighted by Crippen LogP contribution is 2.44. The predicted molar refractivity (Wildman–Crippen MR) is 119 cm³/mol. The Balaban J connectivity index is 2.47. The molecule has 0 heteroatoms. The zero-order valence-electron chi connectivity index (χ0n) is 17.4. The van der Waals surface area contributed by atoms with E-state index in [9.17, 15) is 0 Å². The molecule has 0 atom stereocenters. The highest BCUT2D eigenvalue weighted by atomic mass is 14.3. The van der Waals surface area contributed by atoms with Gasteiger partial charge in [-0.15, -0.1) is 0 Å². The fourth-order valence-electron chi connectivity index (χ4n) is 4.18. The van der Waals surface area contributed by atoms with Gasteiger partial charge in [-0.2, -0.15) is 0 Å².